The van der Waals surface area contributed by atoms with Crippen LogP contribution in [0.2, 0.25) is 0 Å². The van der Waals surface area contributed by atoms with Gasteiger partial charge in [0.2, 0.25) is 27.6 Å². The van der Waals surface area contributed by atoms with E-state index < -0.39 is 62.7 Å². The molecule has 55 heavy (non-hydrogen) atoms. The summed E-state index contributed by atoms with van der Waals surface area (Å²) in [7, 11) is -3.70. The minimum atomic E-state index is -3.70. The van der Waals surface area contributed by atoms with Crippen molar-refractivity contribution in [1.82, 2.24) is 30.5 Å². The number of likely N-dealkylation sites (tertiary alicyclic amines) is 1. The summed E-state index contributed by atoms with van der Waals surface area (Å²) in [5.41, 5.74) is -1.74. The van der Waals surface area contributed by atoms with Gasteiger partial charge < -0.3 is 26.2 Å². The van der Waals surface area contributed by atoms with Crippen LogP contribution in [-0.2, 0) is 29.2 Å². The molecule has 6 fully saturated rings. The van der Waals surface area contributed by atoms with E-state index in [1.807, 2.05) is 27.7 Å². The fourth-order valence-electron chi connectivity index (χ4n) is 10.4. The number of Topliss-reactive ketones (excluding diaryl/α,β-unsaturated/α-hetero) is 1. The molecule has 6 rings (SSSR count). The van der Waals surface area contributed by atoms with Crippen LogP contribution in [0.25, 0.3) is 0 Å². The van der Waals surface area contributed by atoms with Gasteiger partial charge in [0.25, 0.3) is 5.91 Å². The number of carbonyl (C=O) groups is 5. The molecule has 0 aromatic rings. The Morgan fingerprint density at radius 2 is 1.47 bits per heavy atom. The fourth-order valence-corrected chi connectivity index (χ4v) is 12.7. The molecule has 0 aromatic carbocycles. The van der Waals surface area contributed by atoms with Crippen molar-refractivity contribution < 1.29 is 32.4 Å². The van der Waals surface area contributed by atoms with Crippen LogP contribution >= 0.6 is 0 Å². The minimum Gasteiger partial charge on any atom is -0.347 e. The molecule has 1 heterocycles. The third-order valence-corrected chi connectivity index (χ3v) is 16.5. The van der Waals surface area contributed by atoms with Gasteiger partial charge in [-0.3, -0.25) is 19.2 Å². The van der Waals surface area contributed by atoms with E-state index in [4.69, 9.17) is 0 Å². The second kappa shape index (κ2) is 16.3. The van der Waals surface area contributed by atoms with E-state index in [1.54, 1.807) is 4.90 Å². The second-order valence-electron chi connectivity index (χ2n) is 19.2. The van der Waals surface area contributed by atoms with Crippen LogP contribution in [0.1, 0.15) is 144 Å². The normalized spacial score (nSPS) is 27.8. The first kappa shape index (κ1) is 41.9. The smallest absolute Gasteiger partial charge is 0.315 e. The Morgan fingerprint density at radius 3 is 2.04 bits per heavy atom. The van der Waals surface area contributed by atoms with Crippen molar-refractivity contribution in [2.45, 2.75) is 180 Å². The monoisotopic (exact) mass is 788 g/mol. The first-order valence-corrected chi connectivity index (χ1v) is 23.1. The van der Waals surface area contributed by atoms with Crippen molar-refractivity contribution in [2.24, 2.45) is 28.6 Å². The highest BCUT2D eigenvalue weighted by Gasteiger charge is 2.70. The third kappa shape index (κ3) is 9.36. The molecule has 5 aliphatic carbocycles. The Kier molecular flexibility index (Phi) is 12.4. The molecule has 0 radical (unpaired) electrons. The van der Waals surface area contributed by atoms with Crippen LogP contribution in [-0.4, -0.2) is 102 Å². The standard InChI is InChI=1S/C41H68N6O7S/c1-7-47(26(2)3)55(53,54)25-41(22-12-9-13-23-41)45-38(52)44-34(40(6)20-10-8-11-21-40)37(51)46-24-29-31(39(29,4)5)32(46)35(49)43-30(19-16-27-14-15-27)33(48)36(50)42-28-17-18-28/h26-32,34H,7-25H2,1-6H3,(H,42,50)(H,43,49)(H2,44,45,52)/t29-,30-,31-,32-,34+/m0/s1. The van der Waals surface area contributed by atoms with Gasteiger partial charge in [-0.25, -0.2) is 13.2 Å². The molecular formula is C41H68N6O7S. The summed E-state index contributed by atoms with van der Waals surface area (Å²) in [4.78, 5) is 71.7. The van der Waals surface area contributed by atoms with E-state index >= 15 is 4.79 Å². The quantitative estimate of drug-likeness (QED) is 0.158. The molecule has 1 aliphatic heterocycles. The van der Waals surface area contributed by atoms with Gasteiger partial charge in [-0.05, 0) is 93.8 Å². The highest BCUT2D eigenvalue weighted by Crippen LogP contribution is 2.65. The van der Waals surface area contributed by atoms with E-state index in [2.05, 4.69) is 35.1 Å². The van der Waals surface area contributed by atoms with Crippen LogP contribution in [0, 0.1) is 28.6 Å². The van der Waals surface area contributed by atoms with Crippen molar-refractivity contribution in [3.05, 3.63) is 0 Å². The summed E-state index contributed by atoms with van der Waals surface area (Å²) in [5.74, 6) is -1.79. The summed E-state index contributed by atoms with van der Waals surface area (Å²) < 4.78 is 29.0. The van der Waals surface area contributed by atoms with Crippen LogP contribution < -0.4 is 21.3 Å². The maximum atomic E-state index is 15.0. The lowest BCUT2D eigenvalue weighted by molar-refractivity contribution is -0.146. The Labute approximate surface area is 329 Å². The van der Waals surface area contributed by atoms with Crippen molar-refractivity contribution in [3.63, 3.8) is 0 Å². The van der Waals surface area contributed by atoms with E-state index in [1.165, 1.54) is 4.31 Å². The van der Waals surface area contributed by atoms with Crippen LogP contribution in [0.4, 0.5) is 4.79 Å². The molecule has 5 amide bonds. The molecule has 13 nitrogen and oxygen atoms in total. The van der Waals surface area contributed by atoms with E-state index in [9.17, 15) is 27.6 Å². The third-order valence-electron chi connectivity index (χ3n) is 14.2. The molecule has 0 bridgehead atoms. The van der Waals surface area contributed by atoms with Crippen LogP contribution in [0.15, 0.2) is 0 Å². The zero-order valence-electron chi connectivity index (χ0n) is 34.2. The zero-order valence-corrected chi connectivity index (χ0v) is 35.0. The number of urea groups is 1. The lowest BCUT2D eigenvalue weighted by atomic mass is 9.70. The average Bonchev–Trinajstić information content (AvgIpc) is 4.08. The van der Waals surface area contributed by atoms with Crippen LogP contribution in [0.5, 0.6) is 0 Å². The summed E-state index contributed by atoms with van der Waals surface area (Å²) in [6.45, 7) is 12.5. The van der Waals surface area contributed by atoms with Gasteiger partial charge in [0, 0.05) is 25.2 Å². The number of nitrogens with zero attached hydrogens (tertiary/aromatic N) is 2. The van der Waals surface area contributed by atoms with Crippen molar-refractivity contribution in [1.29, 1.82) is 0 Å². The van der Waals surface area contributed by atoms with Gasteiger partial charge in [0.1, 0.15) is 12.1 Å². The number of sulfonamides is 1. The first-order valence-electron chi connectivity index (χ1n) is 21.4. The molecule has 310 valence electrons. The molecular weight excluding hydrogens is 721 g/mol. The van der Waals surface area contributed by atoms with Crippen molar-refractivity contribution >= 4 is 39.6 Å². The lowest BCUT2D eigenvalue weighted by Gasteiger charge is -2.44. The van der Waals surface area contributed by atoms with Gasteiger partial charge in [0.05, 0.1) is 17.3 Å². The molecule has 5 atom stereocenters. The fraction of sp³-hybridized carbons (Fsp3) is 0.878. The topological polar surface area (TPSA) is 174 Å². The maximum absolute atomic E-state index is 15.0. The van der Waals surface area contributed by atoms with E-state index in [0.717, 1.165) is 83.5 Å². The number of nitrogens with one attached hydrogen (secondary N) is 4. The van der Waals surface area contributed by atoms with Crippen molar-refractivity contribution in [2.75, 3.05) is 18.8 Å². The second-order valence-corrected chi connectivity index (χ2v) is 21.1. The summed E-state index contributed by atoms with van der Waals surface area (Å²) in [6.07, 6.45) is 12.9. The van der Waals surface area contributed by atoms with Gasteiger partial charge in [0.15, 0.2) is 0 Å². The van der Waals surface area contributed by atoms with Gasteiger partial charge >= 0.3 is 6.03 Å². The number of piperidine rings is 1. The van der Waals surface area contributed by atoms with Gasteiger partial charge in [-0.2, -0.15) is 4.31 Å². The minimum absolute atomic E-state index is 0.0125. The predicted octanol–water partition coefficient (Wildman–Crippen LogP) is 4.39. The van der Waals surface area contributed by atoms with Crippen molar-refractivity contribution in [3.8, 4) is 0 Å². The molecule has 14 heteroatoms. The zero-order chi connectivity index (χ0) is 39.9. The molecule has 6 aliphatic rings. The summed E-state index contributed by atoms with van der Waals surface area (Å²) in [5, 5.41) is 11.9. The Balaban J connectivity index is 1.23. The molecule has 5 saturated carbocycles. The summed E-state index contributed by atoms with van der Waals surface area (Å²) >= 11 is 0. The summed E-state index contributed by atoms with van der Waals surface area (Å²) in [6, 6.07) is -3.53. The number of carbonyl (C=O) groups excluding carboxylic acids is 5. The Hall–Kier alpha value is -2.74. The first-order chi connectivity index (χ1) is 25.9. The number of rotatable bonds is 17. The Morgan fingerprint density at radius 1 is 0.855 bits per heavy atom. The molecule has 0 aromatic heterocycles. The highest BCUT2D eigenvalue weighted by molar-refractivity contribution is 7.89. The van der Waals surface area contributed by atoms with E-state index in [-0.39, 0.29) is 41.0 Å². The molecule has 1 saturated heterocycles. The van der Waals surface area contributed by atoms with Crippen LogP contribution in [0.3, 0.4) is 0 Å². The maximum Gasteiger partial charge on any atom is 0.315 e. The number of hydrogen-bond donors (Lipinski definition) is 4. The Bertz CT molecular complexity index is 1580. The number of fused-ring (bicyclic) bond motifs is 1. The van der Waals surface area contributed by atoms with E-state index in [0.29, 0.717) is 38.3 Å². The number of hydrogen-bond acceptors (Lipinski definition) is 7. The number of ketones is 1. The highest BCUT2D eigenvalue weighted by atomic mass is 32.2. The lowest BCUT2D eigenvalue weighted by Crippen LogP contribution is -2.65. The van der Waals surface area contributed by atoms with Gasteiger partial charge in [-0.1, -0.05) is 79.1 Å². The molecule has 0 spiro atoms. The predicted molar refractivity (Wildman–Crippen MR) is 210 cm³/mol. The number of amides is 5. The average molecular weight is 789 g/mol. The SMILES string of the molecule is CCN(C(C)C)S(=O)(=O)CC1(NC(=O)N[C@H](C(=O)N2C[C@H]3[C@@H]([C@H]2C(=O)N[C@@H](CCC2CC2)C(=O)C(=O)NC2CC2)C3(C)C)C2(C)CCCCC2)CCCCC1. The van der Waals surface area contributed by atoms with Gasteiger partial charge in [-0.15, -0.1) is 0 Å². The molecule has 0 unspecified atom stereocenters. The molecule has 4 N–H and O–H groups in total. The largest absolute Gasteiger partial charge is 0.347 e.